The molecule has 190 valence electrons. The summed E-state index contributed by atoms with van der Waals surface area (Å²) in [5, 5.41) is 6.30. The fourth-order valence-corrected chi connectivity index (χ4v) is 5.37. The highest BCUT2D eigenvalue weighted by Crippen LogP contribution is 2.40. The third kappa shape index (κ3) is 4.96. The van der Waals surface area contributed by atoms with Crippen molar-refractivity contribution in [3.05, 3.63) is 145 Å². The first-order valence-electron chi connectivity index (χ1n) is 13.6. The van der Waals surface area contributed by atoms with Crippen molar-refractivity contribution in [1.82, 2.24) is 0 Å². The van der Waals surface area contributed by atoms with Crippen LogP contribution in [0.1, 0.15) is 26.3 Å². The molecule has 1 N–H and O–H groups in total. The predicted molar refractivity (Wildman–Crippen MR) is 169 cm³/mol. The van der Waals surface area contributed by atoms with Crippen LogP contribution >= 0.6 is 0 Å². The quantitative estimate of drug-likeness (QED) is 0.247. The van der Waals surface area contributed by atoms with Gasteiger partial charge in [0.05, 0.1) is 0 Å². The van der Waals surface area contributed by atoms with Gasteiger partial charge in [-0.15, -0.1) is 0 Å². The van der Waals surface area contributed by atoms with Crippen LogP contribution < -0.4 is 5.32 Å². The van der Waals surface area contributed by atoms with E-state index in [1.807, 2.05) is 0 Å². The summed E-state index contributed by atoms with van der Waals surface area (Å²) in [6.07, 6.45) is 0. The molecule has 0 atom stereocenters. The minimum Gasteiger partial charge on any atom is -0.355 e. The Hall–Kier alpha value is -4.62. The molecule has 0 amide bonds. The van der Waals surface area contributed by atoms with Crippen LogP contribution in [-0.2, 0) is 5.41 Å². The highest BCUT2D eigenvalue weighted by atomic mass is 14.9. The Bertz CT molecular complexity index is 1740. The molecule has 0 saturated carbocycles. The molecule has 6 rings (SSSR count). The minimum atomic E-state index is 0.133. The van der Waals surface area contributed by atoms with Crippen molar-refractivity contribution in [1.29, 1.82) is 0 Å². The van der Waals surface area contributed by atoms with Gasteiger partial charge in [0.25, 0.3) is 0 Å². The van der Waals surface area contributed by atoms with Gasteiger partial charge in [-0.2, -0.15) is 0 Å². The number of para-hydroxylation sites is 2. The third-order valence-electron chi connectivity index (χ3n) is 7.48. The van der Waals surface area contributed by atoms with E-state index in [-0.39, 0.29) is 5.41 Å². The van der Waals surface area contributed by atoms with Gasteiger partial charge in [0.2, 0.25) is 0 Å². The number of fused-ring (bicyclic) bond motifs is 1. The standard InChI is InChI=1S/C38H33N/c1-38(2,3)29-23-21-28(22-24-29)31-15-9-11-19-36(31)39-37-20-12-10-18-35(37)34-26-25-30(27-13-5-4-6-14-27)32-16-7-8-17-33(32)34/h4-26,39H,1-3H3. The lowest BCUT2D eigenvalue weighted by atomic mass is 9.86. The summed E-state index contributed by atoms with van der Waals surface area (Å²) in [4.78, 5) is 0. The Morgan fingerprint density at radius 1 is 0.385 bits per heavy atom. The summed E-state index contributed by atoms with van der Waals surface area (Å²) in [5.41, 5.74) is 11.0. The maximum absolute atomic E-state index is 3.79. The molecular formula is C38H33N. The van der Waals surface area contributed by atoms with E-state index in [1.165, 1.54) is 49.7 Å². The summed E-state index contributed by atoms with van der Waals surface area (Å²) in [6, 6.07) is 50.1. The first kappa shape index (κ1) is 24.7. The van der Waals surface area contributed by atoms with E-state index >= 15 is 0 Å². The zero-order valence-corrected chi connectivity index (χ0v) is 22.8. The Morgan fingerprint density at radius 2 is 0.872 bits per heavy atom. The van der Waals surface area contributed by atoms with E-state index in [0.29, 0.717) is 0 Å². The molecule has 0 aliphatic carbocycles. The smallest absolute Gasteiger partial charge is 0.0464 e. The average Bonchev–Trinajstić information content (AvgIpc) is 2.97. The monoisotopic (exact) mass is 503 g/mol. The summed E-state index contributed by atoms with van der Waals surface area (Å²) in [7, 11) is 0. The van der Waals surface area contributed by atoms with Crippen molar-refractivity contribution in [2.75, 3.05) is 5.32 Å². The van der Waals surface area contributed by atoms with Gasteiger partial charge in [0.15, 0.2) is 0 Å². The predicted octanol–water partition coefficient (Wildman–Crippen LogP) is 10.9. The molecule has 0 fully saturated rings. The maximum Gasteiger partial charge on any atom is 0.0464 e. The molecule has 1 heteroatoms. The van der Waals surface area contributed by atoms with Gasteiger partial charge in [0.1, 0.15) is 0 Å². The summed E-state index contributed by atoms with van der Waals surface area (Å²) in [5.74, 6) is 0. The van der Waals surface area contributed by atoms with Crippen molar-refractivity contribution in [3.63, 3.8) is 0 Å². The van der Waals surface area contributed by atoms with Crippen molar-refractivity contribution in [2.45, 2.75) is 26.2 Å². The van der Waals surface area contributed by atoms with Crippen molar-refractivity contribution < 1.29 is 0 Å². The molecule has 0 heterocycles. The summed E-state index contributed by atoms with van der Waals surface area (Å²) < 4.78 is 0. The molecule has 1 nitrogen and oxygen atoms in total. The van der Waals surface area contributed by atoms with Crippen molar-refractivity contribution >= 4 is 22.1 Å². The number of benzene rings is 6. The molecule has 39 heavy (non-hydrogen) atoms. The summed E-state index contributed by atoms with van der Waals surface area (Å²) in [6.45, 7) is 6.76. The van der Waals surface area contributed by atoms with E-state index in [9.17, 15) is 0 Å². The highest BCUT2D eigenvalue weighted by Gasteiger charge is 2.15. The molecule has 0 aliphatic rings. The second-order valence-corrected chi connectivity index (χ2v) is 11.1. The molecule has 6 aromatic carbocycles. The number of hydrogen-bond donors (Lipinski definition) is 1. The number of nitrogens with one attached hydrogen (secondary N) is 1. The average molecular weight is 504 g/mol. The van der Waals surface area contributed by atoms with Gasteiger partial charge < -0.3 is 5.32 Å². The lowest BCUT2D eigenvalue weighted by Crippen LogP contribution is -2.10. The molecule has 0 radical (unpaired) electrons. The minimum absolute atomic E-state index is 0.133. The van der Waals surface area contributed by atoms with E-state index in [0.717, 1.165) is 11.4 Å². The molecule has 0 aromatic heterocycles. The van der Waals surface area contributed by atoms with Crippen molar-refractivity contribution in [3.8, 4) is 33.4 Å². The second kappa shape index (κ2) is 10.3. The first-order valence-corrected chi connectivity index (χ1v) is 13.6. The highest BCUT2D eigenvalue weighted by molar-refractivity contribution is 6.06. The number of rotatable bonds is 5. The molecule has 0 unspecified atom stereocenters. The number of hydrogen-bond acceptors (Lipinski definition) is 1. The van der Waals surface area contributed by atoms with Crippen LogP contribution in [0.5, 0.6) is 0 Å². The zero-order chi connectivity index (χ0) is 26.8. The van der Waals surface area contributed by atoms with E-state index in [1.54, 1.807) is 0 Å². The van der Waals surface area contributed by atoms with Gasteiger partial charge in [-0.25, -0.2) is 0 Å². The normalized spacial score (nSPS) is 11.5. The van der Waals surface area contributed by atoms with Crippen LogP contribution in [0.3, 0.4) is 0 Å². The van der Waals surface area contributed by atoms with E-state index in [4.69, 9.17) is 0 Å². The lowest BCUT2D eigenvalue weighted by molar-refractivity contribution is 0.590. The maximum atomic E-state index is 3.79. The molecule has 0 bridgehead atoms. The fourth-order valence-electron chi connectivity index (χ4n) is 5.37. The van der Waals surface area contributed by atoms with Gasteiger partial charge in [-0.1, -0.05) is 148 Å². The Morgan fingerprint density at radius 3 is 1.54 bits per heavy atom. The molecule has 6 aromatic rings. The Labute approximate surface area is 231 Å². The SMILES string of the molecule is CC(C)(C)c1ccc(-c2ccccc2Nc2ccccc2-c2ccc(-c3ccccc3)c3ccccc23)cc1. The van der Waals surface area contributed by atoms with Crippen LogP contribution in [0.4, 0.5) is 11.4 Å². The van der Waals surface area contributed by atoms with Crippen LogP contribution in [-0.4, -0.2) is 0 Å². The van der Waals surface area contributed by atoms with E-state index < -0.39 is 0 Å². The van der Waals surface area contributed by atoms with Crippen LogP contribution in [0, 0.1) is 0 Å². The van der Waals surface area contributed by atoms with Gasteiger partial charge in [0, 0.05) is 22.5 Å². The number of anilines is 2. The lowest BCUT2D eigenvalue weighted by Gasteiger charge is -2.20. The van der Waals surface area contributed by atoms with Crippen LogP contribution in [0.2, 0.25) is 0 Å². The van der Waals surface area contributed by atoms with Crippen LogP contribution in [0.15, 0.2) is 140 Å². The second-order valence-electron chi connectivity index (χ2n) is 11.1. The largest absolute Gasteiger partial charge is 0.355 e. The third-order valence-corrected chi connectivity index (χ3v) is 7.48. The van der Waals surface area contributed by atoms with Crippen molar-refractivity contribution in [2.24, 2.45) is 0 Å². The fraction of sp³-hybridized carbons (Fsp3) is 0.105. The Kier molecular flexibility index (Phi) is 6.50. The Balaban J connectivity index is 1.42. The van der Waals surface area contributed by atoms with Crippen LogP contribution in [0.25, 0.3) is 44.2 Å². The van der Waals surface area contributed by atoms with Gasteiger partial charge in [-0.05, 0) is 56.1 Å². The molecule has 0 saturated heterocycles. The zero-order valence-electron chi connectivity index (χ0n) is 22.8. The molecule has 0 aliphatic heterocycles. The molecule has 0 spiro atoms. The van der Waals surface area contributed by atoms with E-state index in [2.05, 4.69) is 166 Å². The topological polar surface area (TPSA) is 12.0 Å². The van der Waals surface area contributed by atoms with Gasteiger partial charge in [-0.3, -0.25) is 0 Å². The molecular weight excluding hydrogens is 470 g/mol. The summed E-state index contributed by atoms with van der Waals surface area (Å²) >= 11 is 0. The van der Waals surface area contributed by atoms with Gasteiger partial charge >= 0.3 is 0 Å². The first-order chi connectivity index (χ1) is 19.0.